The smallest absolute Gasteiger partial charge is 0.153 e. The van der Waals surface area contributed by atoms with Gasteiger partial charge in [-0.3, -0.25) is 0 Å². The van der Waals surface area contributed by atoms with E-state index >= 15 is 0 Å². The molecular weight excluding hydrogens is 363 g/mol. The number of hydrogen-bond acceptors (Lipinski definition) is 3. The summed E-state index contributed by atoms with van der Waals surface area (Å²) in [5.74, 6) is 0.909. The zero-order valence-electron chi connectivity index (χ0n) is 12.1. The van der Waals surface area contributed by atoms with E-state index in [0.29, 0.717) is 0 Å². The number of aromatic nitrogens is 3. The van der Waals surface area contributed by atoms with Crippen LogP contribution in [0.25, 0.3) is 5.82 Å². The second-order valence-corrected chi connectivity index (χ2v) is 6.10. The summed E-state index contributed by atoms with van der Waals surface area (Å²) in [6.45, 7) is 6.29. The highest BCUT2D eigenvalue weighted by atomic mass is 127. The average molecular weight is 384 g/mol. The van der Waals surface area contributed by atoms with E-state index in [9.17, 15) is 0 Å². The van der Waals surface area contributed by atoms with Crippen molar-refractivity contribution in [3.8, 4) is 5.82 Å². The molecule has 0 aliphatic carbocycles. The van der Waals surface area contributed by atoms with Gasteiger partial charge >= 0.3 is 0 Å². The van der Waals surface area contributed by atoms with Gasteiger partial charge in [0.1, 0.15) is 0 Å². The number of nitrogens with zero attached hydrogens (tertiary/aromatic N) is 3. The molecule has 2 aromatic heterocycles. The largest absolute Gasteiger partial charge is 0.313 e. The highest BCUT2D eigenvalue weighted by molar-refractivity contribution is 14.1. The summed E-state index contributed by atoms with van der Waals surface area (Å²) in [6.07, 6.45) is 7.12. The summed E-state index contributed by atoms with van der Waals surface area (Å²) in [6, 6.07) is 4.31. The van der Waals surface area contributed by atoms with Gasteiger partial charge in [-0.25, -0.2) is 9.67 Å². The summed E-state index contributed by atoms with van der Waals surface area (Å²) in [5.41, 5.74) is 2.42. The third-order valence-electron chi connectivity index (χ3n) is 2.97. The molecule has 0 radical (unpaired) electrons. The van der Waals surface area contributed by atoms with E-state index in [4.69, 9.17) is 4.98 Å². The minimum absolute atomic E-state index is 0.887. The van der Waals surface area contributed by atoms with E-state index in [2.05, 4.69) is 59.0 Å². The van der Waals surface area contributed by atoms with Crippen molar-refractivity contribution < 1.29 is 0 Å². The molecule has 0 aliphatic rings. The molecule has 0 aromatic carbocycles. The number of rotatable bonds is 7. The lowest BCUT2D eigenvalue weighted by atomic mass is 10.1. The lowest BCUT2D eigenvalue weighted by Gasteiger charge is -2.09. The minimum Gasteiger partial charge on any atom is -0.313 e. The molecule has 20 heavy (non-hydrogen) atoms. The van der Waals surface area contributed by atoms with Crippen molar-refractivity contribution >= 4 is 22.6 Å². The van der Waals surface area contributed by atoms with Crippen LogP contribution < -0.4 is 5.32 Å². The Morgan fingerprint density at radius 1 is 1.25 bits per heavy atom. The van der Waals surface area contributed by atoms with Gasteiger partial charge in [0.2, 0.25) is 0 Å². The van der Waals surface area contributed by atoms with Crippen molar-refractivity contribution in [3.05, 3.63) is 39.4 Å². The van der Waals surface area contributed by atoms with E-state index in [-0.39, 0.29) is 0 Å². The fraction of sp³-hybridized carbons (Fsp3) is 0.467. The van der Waals surface area contributed by atoms with E-state index in [1.54, 1.807) is 0 Å². The maximum atomic E-state index is 4.70. The van der Waals surface area contributed by atoms with Crippen LogP contribution in [0.4, 0.5) is 0 Å². The highest BCUT2D eigenvalue weighted by Gasteiger charge is 2.06. The molecule has 0 spiro atoms. The van der Waals surface area contributed by atoms with Crippen molar-refractivity contribution in [1.82, 2.24) is 20.1 Å². The Hall–Kier alpha value is -0.950. The van der Waals surface area contributed by atoms with Gasteiger partial charge in [0.05, 0.1) is 9.77 Å². The Labute approximate surface area is 134 Å². The molecule has 1 N–H and O–H groups in total. The normalized spacial score (nSPS) is 10.9. The zero-order valence-corrected chi connectivity index (χ0v) is 14.2. The van der Waals surface area contributed by atoms with Gasteiger partial charge in [0.15, 0.2) is 5.82 Å². The van der Waals surface area contributed by atoms with Crippen LogP contribution in [0.3, 0.4) is 0 Å². The molecule has 0 fully saturated rings. The molecule has 2 heterocycles. The second-order valence-electron chi connectivity index (χ2n) is 4.85. The predicted molar refractivity (Wildman–Crippen MR) is 90.1 cm³/mol. The Morgan fingerprint density at radius 3 is 2.75 bits per heavy atom. The lowest BCUT2D eigenvalue weighted by molar-refractivity contribution is 0.672. The number of pyridine rings is 1. The van der Waals surface area contributed by atoms with E-state index in [1.807, 2.05) is 17.1 Å². The van der Waals surface area contributed by atoms with Gasteiger partial charge in [-0.2, -0.15) is 5.10 Å². The fourth-order valence-corrected chi connectivity index (χ4v) is 2.46. The third kappa shape index (κ3) is 4.28. The quantitative estimate of drug-likeness (QED) is 0.588. The molecule has 0 aliphatic heterocycles. The van der Waals surface area contributed by atoms with Gasteiger partial charge in [-0.15, -0.1) is 0 Å². The van der Waals surface area contributed by atoms with Crippen molar-refractivity contribution in [1.29, 1.82) is 0 Å². The van der Waals surface area contributed by atoms with E-state index in [0.717, 1.165) is 47.4 Å². The first-order valence-electron chi connectivity index (χ1n) is 7.14. The van der Waals surface area contributed by atoms with Crippen LogP contribution in [0.2, 0.25) is 0 Å². The second kappa shape index (κ2) is 7.73. The van der Waals surface area contributed by atoms with Gasteiger partial charge in [0, 0.05) is 18.4 Å². The highest BCUT2D eigenvalue weighted by Crippen LogP contribution is 2.13. The molecule has 5 heteroatoms. The molecule has 0 saturated carbocycles. The van der Waals surface area contributed by atoms with Gasteiger partial charge in [-0.1, -0.05) is 20.3 Å². The Balaban J connectivity index is 2.25. The maximum Gasteiger partial charge on any atom is 0.153 e. The third-order valence-corrected chi connectivity index (χ3v) is 3.53. The van der Waals surface area contributed by atoms with Crippen molar-refractivity contribution in [3.63, 3.8) is 0 Å². The van der Waals surface area contributed by atoms with Crippen LogP contribution in [0.1, 0.15) is 37.9 Å². The SMILES string of the molecule is CCCNCc1cc(CCC)nc(-n2cc(I)cn2)c1. The van der Waals surface area contributed by atoms with Crippen molar-refractivity contribution in [2.24, 2.45) is 0 Å². The summed E-state index contributed by atoms with van der Waals surface area (Å²) < 4.78 is 2.97. The number of hydrogen-bond donors (Lipinski definition) is 1. The van der Waals surface area contributed by atoms with Crippen LogP contribution in [0, 0.1) is 3.57 Å². The van der Waals surface area contributed by atoms with E-state index in [1.165, 1.54) is 5.56 Å². The number of nitrogens with one attached hydrogen (secondary N) is 1. The summed E-state index contributed by atoms with van der Waals surface area (Å²) in [4.78, 5) is 4.70. The standard InChI is InChI=1S/C15H21IN4/c1-3-5-14-7-12(9-17-6-4-2)8-15(19-14)20-11-13(16)10-18-20/h7-8,10-11,17H,3-6,9H2,1-2H3. The zero-order chi connectivity index (χ0) is 14.4. The topological polar surface area (TPSA) is 42.7 Å². The molecule has 0 amide bonds. The summed E-state index contributed by atoms with van der Waals surface area (Å²) in [5, 5.41) is 7.80. The molecule has 0 unspecified atom stereocenters. The Morgan fingerprint density at radius 2 is 2.10 bits per heavy atom. The minimum atomic E-state index is 0.887. The maximum absolute atomic E-state index is 4.70. The molecule has 0 saturated heterocycles. The van der Waals surface area contributed by atoms with Crippen LogP contribution >= 0.6 is 22.6 Å². The molecule has 4 nitrogen and oxygen atoms in total. The van der Waals surface area contributed by atoms with Crippen LogP contribution in [0.5, 0.6) is 0 Å². The van der Waals surface area contributed by atoms with Crippen molar-refractivity contribution in [2.75, 3.05) is 6.54 Å². The molecule has 2 rings (SSSR count). The monoisotopic (exact) mass is 384 g/mol. The average Bonchev–Trinajstić information content (AvgIpc) is 2.86. The first kappa shape index (κ1) is 15.4. The van der Waals surface area contributed by atoms with Crippen molar-refractivity contribution in [2.45, 2.75) is 39.7 Å². The lowest BCUT2D eigenvalue weighted by Crippen LogP contribution is -2.15. The first-order chi connectivity index (χ1) is 9.72. The number of aryl methyl sites for hydroxylation is 1. The summed E-state index contributed by atoms with van der Waals surface area (Å²) in [7, 11) is 0. The van der Waals surface area contributed by atoms with Crippen LogP contribution in [-0.4, -0.2) is 21.3 Å². The molecule has 2 aromatic rings. The molecule has 0 bridgehead atoms. The fourth-order valence-electron chi connectivity index (χ4n) is 2.07. The Kier molecular flexibility index (Phi) is 5.97. The summed E-state index contributed by atoms with van der Waals surface area (Å²) >= 11 is 2.27. The van der Waals surface area contributed by atoms with Crippen LogP contribution in [0.15, 0.2) is 24.5 Å². The molecular formula is C15H21IN4. The van der Waals surface area contributed by atoms with E-state index < -0.39 is 0 Å². The number of halogens is 1. The Bertz CT molecular complexity index is 551. The van der Waals surface area contributed by atoms with Gasteiger partial charge in [0.25, 0.3) is 0 Å². The molecule has 108 valence electrons. The van der Waals surface area contributed by atoms with Gasteiger partial charge < -0.3 is 5.32 Å². The molecule has 0 atom stereocenters. The van der Waals surface area contributed by atoms with Crippen LogP contribution in [-0.2, 0) is 13.0 Å². The van der Waals surface area contributed by atoms with Gasteiger partial charge in [-0.05, 0) is 59.7 Å². The first-order valence-corrected chi connectivity index (χ1v) is 8.22. The predicted octanol–water partition coefficient (Wildman–Crippen LogP) is 3.32.